The van der Waals surface area contributed by atoms with Crippen LogP contribution in [0.15, 0.2) is 42.5 Å². The van der Waals surface area contributed by atoms with Crippen LogP contribution in [0.25, 0.3) is 0 Å². The van der Waals surface area contributed by atoms with Gasteiger partial charge in [0.1, 0.15) is 13.3 Å². The van der Waals surface area contributed by atoms with Gasteiger partial charge >= 0.3 is 5.97 Å². The highest BCUT2D eigenvalue weighted by atomic mass is 16.5. The van der Waals surface area contributed by atoms with E-state index >= 15 is 0 Å². The molecule has 1 aliphatic heterocycles. The van der Waals surface area contributed by atoms with E-state index in [4.69, 9.17) is 9.84 Å². The van der Waals surface area contributed by atoms with Crippen molar-refractivity contribution in [1.82, 2.24) is 20.9 Å². The molecule has 44 heavy (non-hydrogen) atoms. The number of carboxylic acids is 1. The summed E-state index contributed by atoms with van der Waals surface area (Å²) in [7, 11) is 0. The number of imide groups is 1. The topological polar surface area (TPSA) is 205 Å². The van der Waals surface area contributed by atoms with Crippen molar-refractivity contribution in [2.75, 3.05) is 26.4 Å². The molecule has 5 amide bonds. The van der Waals surface area contributed by atoms with Crippen LogP contribution in [0.1, 0.15) is 56.9 Å². The van der Waals surface area contributed by atoms with Crippen molar-refractivity contribution in [2.45, 2.75) is 63.8 Å². The van der Waals surface area contributed by atoms with Gasteiger partial charge in [-0.25, -0.2) is 4.79 Å². The van der Waals surface area contributed by atoms with Crippen LogP contribution in [0, 0.1) is 0 Å². The lowest BCUT2D eigenvalue weighted by Gasteiger charge is -2.18. The van der Waals surface area contributed by atoms with Crippen LogP contribution < -0.4 is 16.0 Å². The monoisotopic (exact) mass is 614 g/mol. The van der Waals surface area contributed by atoms with E-state index in [0.717, 1.165) is 10.5 Å². The minimum absolute atomic E-state index is 0.150. The molecule has 0 fully saturated rings. The average molecular weight is 615 g/mol. The fraction of sp³-hybridized carbons (Fsp3) is 0.467. The van der Waals surface area contributed by atoms with E-state index in [1.807, 2.05) is 0 Å². The zero-order valence-corrected chi connectivity index (χ0v) is 24.4. The van der Waals surface area contributed by atoms with E-state index in [2.05, 4.69) is 16.0 Å². The minimum Gasteiger partial charge on any atom is -0.480 e. The summed E-state index contributed by atoms with van der Waals surface area (Å²) >= 11 is 0. The van der Waals surface area contributed by atoms with Gasteiger partial charge in [0.2, 0.25) is 17.7 Å². The molecule has 1 aromatic rings. The number of carboxylic acid groups (broad SMARTS) is 1. The SMILES string of the molecule is O=C(O)COCNC(=O)CCC(=O)[C@@H](Cc1ccccc1)NC(=O)CCC(=O)CNC(=O)CCCCCN1C(=O)C=CC1=O. The van der Waals surface area contributed by atoms with Gasteiger partial charge in [-0.3, -0.25) is 38.5 Å². The predicted octanol–water partition coefficient (Wildman–Crippen LogP) is 0.189. The third-order valence-electron chi connectivity index (χ3n) is 6.50. The molecular weight excluding hydrogens is 576 g/mol. The Morgan fingerprint density at radius 2 is 1.43 bits per heavy atom. The van der Waals surface area contributed by atoms with E-state index in [0.29, 0.717) is 19.3 Å². The van der Waals surface area contributed by atoms with Crippen molar-refractivity contribution in [1.29, 1.82) is 0 Å². The molecule has 0 bridgehead atoms. The summed E-state index contributed by atoms with van der Waals surface area (Å²) in [5.41, 5.74) is 0.784. The van der Waals surface area contributed by atoms with Gasteiger partial charge < -0.3 is 25.8 Å². The molecule has 0 radical (unpaired) electrons. The van der Waals surface area contributed by atoms with Gasteiger partial charge in [-0.05, 0) is 24.8 Å². The fourth-order valence-corrected chi connectivity index (χ4v) is 4.14. The molecule has 0 saturated heterocycles. The van der Waals surface area contributed by atoms with Crippen LogP contribution in [-0.2, 0) is 49.5 Å². The van der Waals surface area contributed by atoms with Gasteiger partial charge in [0.05, 0.1) is 12.6 Å². The number of hydrogen-bond donors (Lipinski definition) is 4. The number of rotatable bonds is 22. The Labute approximate surface area is 254 Å². The summed E-state index contributed by atoms with van der Waals surface area (Å²) in [6.07, 6.45) is 3.77. The third-order valence-corrected chi connectivity index (χ3v) is 6.50. The molecule has 4 N–H and O–H groups in total. The first-order valence-electron chi connectivity index (χ1n) is 14.3. The van der Waals surface area contributed by atoms with Crippen LogP contribution in [0.4, 0.5) is 0 Å². The number of aliphatic carboxylic acids is 1. The van der Waals surface area contributed by atoms with Gasteiger partial charge in [0.15, 0.2) is 11.6 Å². The maximum Gasteiger partial charge on any atom is 0.329 e. The molecule has 0 aliphatic carbocycles. The molecule has 1 heterocycles. The van der Waals surface area contributed by atoms with Crippen LogP contribution in [0.3, 0.4) is 0 Å². The number of amides is 5. The standard InChI is InChI=1S/C30H38N4O10/c35-22(18-31-25(37)9-5-2-6-16-34-28(40)14-15-29(34)41)10-12-27(39)33-23(17-21-7-3-1-4-8-21)24(36)11-13-26(38)32-20-44-19-30(42)43/h1,3-4,7-8,14-15,23H,2,5-6,9-13,16-20H2,(H,31,37)(H,32,38)(H,33,39)(H,42,43)/t23-/m1/s1. The van der Waals surface area contributed by atoms with E-state index in [9.17, 15) is 38.4 Å². The summed E-state index contributed by atoms with van der Waals surface area (Å²) in [5.74, 6) is -4.01. The molecule has 1 aromatic carbocycles. The minimum atomic E-state index is -1.19. The molecule has 1 atom stereocenters. The van der Waals surface area contributed by atoms with Crippen molar-refractivity contribution >= 4 is 47.1 Å². The number of ether oxygens (including phenoxy) is 1. The van der Waals surface area contributed by atoms with Crippen molar-refractivity contribution in [2.24, 2.45) is 0 Å². The highest BCUT2D eigenvalue weighted by molar-refractivity contribution is 6.12. The molecule has 14 heteroatoms. The van der Waals surface area contributed by atoms with Gasteiger partial charge in [0.25, 0.3) is 11.8 Å². The number of nitrogens with zero attached hydrogens (tertiary/aromatic N) is 1. The highest BCUT2D eigenvalue weighted by Gasteiger charge is 2.23. The fourth-order valence-electron chi connectivity index (χ4n) is 4.14. The predicted molar refractivity (Wildman–Crippen MR) is 154 cm³/mol. The maximum absolute atomic E-state index is 12.9. The summed E-state index contributed by atoms with van der Waals surface area (Å²) < 4.78 is 4.73. The van der Waals surface area contributed by atoms with Crippen molar-refractivity contribution < 1.29 is 48.2 Å². The van der Waals surface area contributed by atoms with Gasteiger partial charge in [-0.15, -0.1) is 0 Å². The molecule has 238 valence electrons. The molecule has 2 rings (SSSR count). The Balaban J connectivity index is 1.69. The summed E-state index contributed by atoms with van der Waals surface area (Å²) in [5, 5.41) is 16.0. The van der Waals surface area contributed by atoms with Crippen molar-refractivity contribution in [3.05, 3.63) is 48.0 Å². The van der Waals surface area contributed by atoms with Crippen LogP contribution >= 0.6 is 0 Å². The molecule has 0 spiro atoms. The number of ketones is 2. The summed E-state index contributed by atoms with van der Waals surface area (Å²) in [4.78, 5) is 96.4. The van der Waals surface area contributed by atoms with Crippen LogP contribution in [0.5, 0.6) is 0 Å². The first-order chi connectivity index (χ1) is 21.0. The Hall–Kier alpha value is -4.72. The molecule has 0 aromatic heterocycles. The lowest BCUT2D eigenvalue weighted by Crippen LogP contribution is -2.43. The maximum atomic E-state index is 12.9. The number of Topliss-reactive ketones (excluding diaryl/α,β-unsaturated/α-hetero) is 2. The number of hydrogen-bond acceptors (Lipinski definition) is 9. The second-order valence-electron chi connectivity index (χ2n) is 10.1. The van der Waals surface area contributed by atoms with Gasteiger partial charge in [-0.1, -0.05) is 36.8 Å². The summed E-state index contributed by atoms with van der Waals surface area (Å²) in [6.45, 7) is -0.856. The van der Waals surface area contributed by atoms with Crippen molar-refractivity contribution in [3.8, 4) is 0 Å². The molecule has 0 saturated carbocycles. The van der Waals surface area contributed by atoms with Crippen molar-refractivity contribution in [3.63, 3.8) is 0 Å². The Morgan fingerprint density at radius 1 is 0.773 bits per heavy atom. The van der Waals surface area contributed by atoms with Crippen LogP contribution in [-0.4, -0.2) is 89.5 Å². The molecule has 1 aliphatic rings. The second-order valence-corrected chi connectivity index (χ2v) is 10.1. The number of nitrogens with one attached hydrogen (secondary N) is 3. The third kappa shape index (κ3) is 14.4. The highest BCUT2D eigenvalue weighted by Crippen LogP contribution is 2.09. The Kier molecular flexibility index (Phi) is 15.7. The van der Waals surface area contributed by atoms with Crippen LogP contribution in [0.2, 0.25) is 0 Å². The Morgan fingerprint density at radius 3 is 2.11 bits per heavy atom. The number of benzene rings is 1. The molecule has 14 nitrogen and oxygen atoms in total. The normalized spacial score (nSPS) is 13.0. The van der Waals surface area contributed by atoms with E-state index in [1.54, 1.807) is 30.3 Å². The second kappa shape index (κ2) is 19.5. The quantitative estimate of drug-likeness (QED) is 0.0792. The lowest BCUT2D eigenvalue weighted by atomic mass is 9.99. The number of carbonyl (C=O) groups excluding carboxylic acids is 7. The zero-order chi connectivity index (χ0) is 32.3. The summed E-state index contributed by atoms with van der Waals surface area (Å²) in [6, 6.07) is 8.02. The zero-order valence-electron chi connectivity index (χ0n) is 24.4. The van der Waals surface area contributed by atoms with E-state index in [1.165, 1.54) is 12.2 Å². The Bertz CT molecular complexity index is 1210. The van der Waals surface area contributed by atoms with Gasteiger partial charge in [-0.2, -0.15) is 0 Å². The molecular formula is C30H38N4O10. The molecule has 0 unspecified atom stereocenters. The largest absolute Gasteiger partial charge is 0.480 e. The smallest absolute Gasteiger partial charge is 0.329 e. The first kappa shape index (κ1) is 35.5. The first-order valence-corrected chi connectivity index (χ1v) is 14.3. The van der Waals surface area contributed by atoms with Gasteiger partial charge in [0, 0.05) is 50.8 Å². The van der Waals surface area contributed by atoms with E-state index in [-0.39, 0.29) is 81.9 Å². The number of unbranched alkanes of at least 4 members (excludes halogenated alkanes) is 2. The lowest BCUT2D eigenvalue weighted by molar-refractivity contribution is -0.143. The number of carbonyl (C=O) groups is 8. The van der Waals surface area contributed by atoms with E-state index < -0.39 is 36.2 Å². The average Bonchev–Trinajstić information content (AvgIpc) is 3.32.